The molecule has 210 valence electrons. The molecule has 4 aliphatic rings. The maximum absolute atomic E-state index is 13.6. The summed E-state index contributed by atoms with van der Waals surface area (Å²) >= 11 is 0. The Morgan fingerprint density at radius 1 is 0.756 bits per heavy atom. The number of hydrogen-bond acceptors (Lipinski definition) is 5. The summed E-state index contributed by atoms with van der Waals surface area (Å²) in [5.74, 6) is -1.86. The summed E-state index contributed by atoms with van der Waals surface area (Å²) in [6.07, 6.45) is 2.82. The molecule has 0 radical (unpaired) electrons. The first-order chi connectivity index (χ1) is 20.0. The number of imide groups is 1. The Balaban J connectivity index is 0.997. The molecule has 2 atom stereocenters. The van der Waals surface area contributed by atoms with Crippen LogP contribution in [0.4, 0.5) is 5.69 Å². The van der Waals surface area contributed by atoms with Crippen LogP contribution in [0.3, 0.4) is 0 Å². The number of benzene rings is 3. The SMILES string of the molecule is CCc1ccccc1NC(=O)COC(=O)CCCCCN1C(=O)[C@H]2C3c4ccccc4C(c4ccccc43)[C@@H]2C1=O. The molecule has 0 unspecified atom stereocenters. The predicted octanol–water partition coefficient (Wildman–Crippen LogP) is 5.18. The first kappa shape index (κ1) is 26.9. The quantitative estimate of drug-likeness (QED) is 0.213. The Hall–Kier alpha value is -4.26. The molecule has 3 aromatic rings. The van der Waals surface area contributed by atoms with E-state index in [9.17, 15) is 19.2 Å². The Kier molecular flexibility index (Phi) is 7.43. The van der Waals surface area contributed by atoms with Gasteiger partial charge in [-0.25, -0.2) is 0 Å². The van der Waals surface area contributed by atoms with E-state index in [1.807, 2.05) is 55.5 Å². The van der Waals surface area contributed by atoms with Gasteiger partial charge in [0.1, 0.15) is 0 Å². The Morgan fingerprint density at radius 3 is 1.85 bits per heavy atom. The number of carbonyl (C=O) groups excluding carboxylic acids is 4. The standard InChI is InChI=1S/C34H34N2O5/c1-2-21-12-5-10-17-26(21)35-27(37)20-41-28(38)18-4-3-11-19-36-33(39)31-29-22-13-6-7-14-23(22)30(32(31)34(36)40)25-16-9-8-15-24(25)29/h5-10,12-17,29-32H,2-4,11,18-20H2,1H3,(H,35,37)/t29?,30?,31-,32-/m0/s1. The second-order valence-corrected chi connectivity index (χ2v) is 11.1. The molecule has 2 bridgehead atoms. The van der Waals surface area contributed by atoms with Gasteiger partial charge in [-0.2, -0.15) is 0 Å². The monoisotopic (exact) mass is 550 g/mol. The van der Waals surface area contributed by atoms with E-state index in [1.54, 1.807) is 0 Å². The molecule has 0 saturated carbocycles. The van der Waals surface area contributed by atoms with Gasteiger partial charge in [0, 0.05) is 30.5 Å². The fraction of sp³-hybridized carbons (Fsp3) is 0.353. The van der Waals surface area contributed by atoms with Crippen LogP contribution < -0.4 is 5.32 Å². The number of nitrogens with one attached hydrogen (secondary N) is 1. The van der Waals surface area contributed by atoms with Gasteiger partial charge < -0.3 is 10.1 Å². The minimum atomic E-state index is -0.435. The lowest BCUT2D eigenvalue weighted by molar-refractivity contribution is -0.147. The third-order valence-corrected chi connectivity index (χ3v) is 8.84. The number of unbranched alkanes of at least 4 members (excludes halogenated alkanes) is 2. The van der Waals surface area contributed by atoms with Crippen molar-refractivity contribution in [3.8, 4) is 0 Å². The van der Waals surface area contributed by atoms with E-state index in [0.29, 0.717) is 25.8 Å². The second-order valence-electron chi connectivity index (χ2n) is 11.1. The number of para-hydroxylation sites is 1. The van der Waals surface area contributed by atoms with E-state index in [0.717, 1.165) is 17.7 Å². The first-order valence-electron chi connectivity index (χ1n) is 14.6. The lowest BCUT2D eigenvalue weighted by Crippen LogP contribution is -2.41. The molecular formula is C34H34N2O5. The van der Waals surface area contributed by atoms with Crippen LogP contribution in [0.1, 0.15) is 72.3 Å². The molecular weight excluding hydrogens is 516 g/mol. The van der Waals surface area contributed by atoms with Crippen molar-refractivity contribution in [2.24, 2.45) is 11.8 Å². The molecule has 41 heavy (non-hydrogen) atoms. The van der Waals surface area contributed by atoms with E-state index >= 15 is 0 Å². The number of carbonyl (C=O) groups is 4. The van der Waals surface area contributed by atoms with Gasteiger partial charge in [-0.3, -0.25) is 24.1 Å². The number of amides is 3. The topological polar surface area (TPSA) is 92.8 Å². The molecule has 3 amide bonds. The molecule has 0 aromatic heterocycles. The normalized spacial score (nSPS) is 21.7. The van der Waals surface area contributed by atoms with Gasteiger partial charge in [0.25, 0.3) is 5.91 Å². The third-order valence-electron chi connectivity index (χ3n) is 8.84. The zero-order chi connectivity index (χ0) is 28.5. The van der Waals surface area contributed by atoms with E-state index in [-0.39, 0.29) is 54.4 Å². The number of aryl methyl sites for hydroxylation is 1. The summed E-state index contributed by atoms with van der Waals surface area (Å²) in [6.45, 7) is 2.03. The van der Waals surface area contributed by atoms with Crippen LogP contribution in [0, 0.1) is 11.8 Å². The van der Waals surface area contributed by atoms with Crippen molar-refractivity contribution in [2.45, 2.75) is 50.9 Å². The van der Waals surface area contributed by atoms with Crippen molar-refractivity contribution in [3.63, 3.8) is 0 Å². The minimum Gasteiger partial charge on any atom is -0.456 e. The second kappa shape index (κ2) is 11.3. The van der Waals surface area contributed by atoms with Crippen LogP contribution in [0.2, 0.25) is 0 Å². The zero-order valence-electron chi connectivity index (χ0n) is 23.2. The summed E-state index contributed by atoms with van der Waals surface area (Å²) in [5.41, 5.74) is 6.42. The van der Waals surface area contributed by atoms with Gasteiger partial charge in [0.15, 0.2) is 6.61 Å². The van der Waals surface area contributed by atoms with Crippen LogP contribution in [0.5, 0.6) is 0 Å². The Morgan fingerprint density at radius 2 is 1.29 bits per heavy atom. The van der Waals surface area contributed by atoms with Gasteiger partial charge in [-0.15, -0.1) is 0 Å². The van der Waals surface area contributed by atoms with Gasteiger partial charge >= 0.3 is 5.97 Å². The number of nitrogens with zero attached hydrogens (tertiary/aromatic N) is 1. The largest absolute Gasteiger partial charge is 0.456 e. The number of anilines is 1. The van der Waals surface area contributed by atoms with Gasteiger partial charge in [0.05, 0.1) is 11.8 Å². The molecule has 0 spiro atoms. The smallest absolute Gasteiger partial charge is 0.306 e. The maximum atomic E-state index is 13.6. The summed E-state index contributed by atoms with van der Waals surface area (Å²) in [5, 5.41) is 2.79. The molecule has 1 fully saturated rings. The molecule has 1 saturated heterocycles. The van der Waals surface area contributed by atoms with E-state index < -0.39 is 5.97 Å². The van der Waals surface area contributed by atoms with Crippen molar-refractivity contribution in [1.29, 1.82) is 0 Å². The highest BCUT2D eigenvalue weighted by Gasteiger charge is 2.61. The van der Waals surface area contributed by atoms with Gasteiger partial charge in [-0.05, 0) is 53.1 Å². The predicted molar refractivity (Wildman–Crippen MR) is 154 cm³/mol. The number of ether oxygens (including phenoxy) is 1. The molecule has 1 aliphatic heterocycles. The van der Waals surface area contributed by atoms with Crippen LogP contribution in [0.15, 0.2) is 72.8 Å². The van der Waals surface area contributed by atoms with E-state index in [1.165, 1.54) is 27.2 Å². The highest BCUT2D eigenvalue weighted by Crippen LogP contribution is 2.60. The van der Waals surface area contributed by atoms with Crippen molar-refractivity contribution in [1.82, 2.24) is 4.90 Å². The van der Waals surface area contributed by atoms with Crippen LogP contribution in [-0.2, 0) is 30.3 Å². The lowest BCUT2D eigenvalue weighted by atomic mass is 9.55. The fourth-order valence-corrected chi connectivity index (χ4v) is 7.03. The fourth-order valence-electron chi connectivity index (χ4n) is 7.03. The zero-order valence-corrected chi connectivity index (χ0v) is 23.2. The van der Waals surface area contributed by atoms with Crippen LogP contribution in [-0.4, -0.2) is 41.7 Å². The minimum absolute atomic E-state index is 0.0749. The Labute approximate surface area is 239 Å². The molecule has 1 heterocycles. The number of hydrogen-bond donors (Lipinski definition) is 1. The molecule has 7 nitrogen and oxygen atoms in total. The third kappa shape index (κ3) is 4.83. The van der Waals surface area contributed by atoms with E-state index in [2.05, 4.69) is 29.6 Å². The van der Waals surface area contributed by atoms with Crippen molar-refractivity contribution in [2.75, 3.05) is 18.5 Å². The number of likely N-dealkylation sites (tertiary alicyclic amines) is 1. The molecule has 3 aromatic carbocycles. The number of esters is 1. The molecule has 7 rings (SSSR count). The van der Waals surface area contributed by atoms with Crippen LogP contribution in [0.25, 0.3) is 0 Å². The first-order valence-corrected chi connectivity index (χ1v) is 14.6. The van der Waals surface area contributed by atoms with Crippen molar-refractivity contribution < 1.29 is 23.9 Å². The Bertz CT molecular complexity index is 1400. The van der Waals surface area contributed by atoms with Crippen molar-refractivity contribution >= 4 is 29.4 Å². The highest BCUT2D eigenvalue weighted by atomic mass is 16.5. The molecule has 1 N–H and O–H groups in total. The average molecular weight is 551 g/mol. The molecule has 7 heteroatoms. The van der Waals surface area contributed by atoms with Crippen molar-refractivity contribution in [3.05, 3.63) is 101 Å². The lowest BCUT2D eigenvalue weighted by Gasteiger charge is -2.45. The van der Waals surface area contributed by atoms with E-state index in [4.69, 9.17) is 4.74 Å². The summed E-state index contributed by atoms with van der Waals surface area (Å²) in [6, 6.07) is 24.0. The summed E-state index contributed by atoms with van der Waals surface area (Å²) in [7, 11) is 0. The summed E-state index contributed by atoms with van der Waals surface area (Å²) in [4.78, 5) is 53.2. The average Bonchev–Trinajstić information content (AvgIpc) is 3.25. The van der Waals surface area contributed by atoms with Gasteiger partial charge in [0.2, 0.25) is 11.8 Å². The molecule has 3 aliphatic carbocycles. The maximum Gasteiger partial charge on any atom is 0.306 e. The number of rotatable bonds is 10. The van der Waals surface area contributed by atoms with Crippen LogP contribution >= 0.6 is 0 Å². The highest BCUT2D eigenvalue weighted by molar-refractivity contribution is 6.07. The summed E-state index contributed by atoms with van der Waals surface area (Å²) < 4.78 is 5.15. The van der Waals surface area contributed by atoms with Gasteiger partial charge in [-0.1, -0.05) is 80.1 Å².